The van der Waals surface area contributed by atoms with Gasteiger partial charge in [0, 0.05) is 46.4 Å². The van der Waals surface area contributed by atoms with E-state index in [4.69, 9.17) is 4.74 Å². The minimum atomic E-state index is -3.22. The zero-order chi connectivity index (χ0) is 18.7. The van der Waals surface area contributed by atoms with Gasteiger partial charge in [-0.1, -0.05) is 13.8 Å². The molecular formula is C17H36N4O3S. The van der Waals surface area contributed by atoms with Crippen molar-refractivity contribution in [2.45, 2.75) is 40.0 Å². The van der Waals surface area contributed by atoms with Crippen molar-refractivity contribution in [3.63, 3.8) is 0 Å². The number of sulfonamides is 1. The molecule has 0 atom stereocenters. The first-order chi connectivity index (χ1) is 11.9. The molecule has 8 heteroatoms. The van der Waals surface area contributed by atoms with Gasteiger partial charge < -0.3 is 15.0 Å². The second-order valence-corrected chi connectivity index (χ2v) is 8.49. The van der Waals surface area contributed by atoms with Gasteiger partial charge in [0.15, 0.2) is 5.96 Å². The highest BCUT2D eigenvalue weighted by Crippen LogP contribution is 2.18. The number of guanidine groups is 1. The minimum Gasteiger partial charge on any atom is -0.381 e. The number of rotatable bonds is 10. The molecule has 0 aromatic carbocycles. The predicted octanol–water partition coefficient (Wildman–Crippen LogP) is 1.37. The number of hydrogen-bond acceptors (Lipinski definition) is 4. The van der Waals surface area contributed by atoms with E-state index in [1.807, 2.05) is 27.8 Å². The van der Waals surface area contributed by atoms with Crippen molar-refractivity contribution in [3.05, 3.63) is 0 Å². The van der Waals surface area contributed by atoms with Crippen LogP contribution in [0.1, 0.15) is 40.0 Å². The molecule has 1 N–H and O–H groups in total. The van der Waals surface area contributed by atoms with E-state index in [9.17, 15) is 8.42 Å². The second kappa shape index (κ2) is 11.7. The van der Waals surface area contributed by atoms with Gasteiger partial charge in [-0.05, 0) is 32.1 Å². The Morgan fingerprint density at radius 1 is 1.20 bits per heavy atom. The first kappa shape index (κ1) is 22.2. The first-order valence-corrected chi connectivity index (χ1v) is 11.1. The number of aliphatic imine (C=N–C) groups is 1. The summed E-state index contributed by atoms with van der Waals surface area (Å²) in [5.74, 6) is 1.55. The van der Waals surface area contributed by atoms with Crippen LogP contribution in [-0.2, 0) is 14.8 Å². The molecule has 1 aliphatic heterocycles. The van der Waals surface area contributed by atoms with E-state index in [1.165, 1.54) is 4.31 Å². The van der Waals surface area contributed by atoms with Gasteiger partial charge in [-0.3, -0.25) is 4.99 Å². The lowest BCUT2D eigenvalue weighted by Crippen LogP contribution is -2.40. The van der Waals surface area contributed by atoms with Crippen LogP contribution < -0.4 is 5.32 Å². The molecular weight excluding hydrogens is 340 g/mol. The molecule has 0 saturated carbocycles. The van der Waals surface area contributed by atoms with Gasteiger partial charge in [0.25, 0.3) is 0 Å². The van der Waals surface area contributed by atoms with Crippen molar-refractivity contribution in [3.8, 4) is 0 Å². The average molecular weight is 377 g/mol. The molecule has 7 nitrogen and oxygen atoms in total. The Bertz CT molecular complexity index is 486. The van der Waals surface area contributed by atoms with Crippen LogP contribution in [-0.4, -0.2) is 82.3 Å². The maximum Gasteiger partial charge on any atom is 0.215 e. The van der Waals surface area contributed by atoms with Gasteiger partial charge in [-0.25, -0.2) is 12.7 Å². The van der Waals surface area contributed by atoms with Gasteiger partial charge in [0.2, 0.25) is 10.0 Å². The van der Waals surface area contributed by atoms with E-state index < -0.39 is 10.0 Å². The molecule has 0 amide bonds. The minimum absolute atomic E-state index is 0.0530. The number of hydrogen-bond donors (Lipinski definition) is 1. The van der Waals surface area contributed by atoms with Crippen LogP contribution in [0.5, 0.6) is 0 Å². The highest BCUT2D eigenvalue weighted by molar-refractivity contribution is 7.89. The fourth-order valence-electron chi connectivity index (χ4n) is 3.00. The third-order valence-electron chi connectivity index (χ3n) is 4.62. The second-order valence-electron chi connectivity index (χ2n) is 6.40. The summed E-state index contributed by atoms with van der Waals surface area (Å²) in [6.07, 6.45) is 3.37. The Morgan fingerprint density at radius 2 is 1.84 bits per heavy atom. The van der Waals surface area contributed by atoms with E-state index in [1.54, 1.807) is 0 Å². The number of ether oxygens (including phenoxy) is 1. The molecule has 1 saturated heterocycles. The first-order valence-electron chi connectivity index (χ1n) is 9.49. The van der Waals surface area contributed by atoms with Crippen molar-refractivity contribution in [1.29, 1.82) is 0 Å². The summed E-state index contributed by atoms with van der Waals surface area (Å²) in [6, 6.07) is 0. The fraction of sp³-hybridized carbons (Fsp3) is 0.941. The fourth-order valence-corrected chi connectivity index (χ4v) is 4.37. The zero-order valence-corrected chi connectivity index (χ0v) is 17.1. The normalized spacial score (nSPS) is 17.1. The lowest BCUT2D eigenvalue weighted by molar-refractivity contribution is 0.0625. The van der Waals surface area contributed by atoms with E-state index in [0.29, 0.717) is 19.0 Å². The van der Waals surface area contributed by atoms with E-state index in [-0.39, 0.29) is 12.3 Å². The molecule has 0 unspecified atom stereocenters. The molecule has 1 fully saturated rings. The largest absolute Gasteiger partial charge is 0.381 e. The average Bonchev–Trinajstić information content (AvgIpc) is 2.60. The molecule has 0 aromatic heterocycles. The molecule has 0 aliphatic carbocycles. The Balaban J connectivity index is 2.53. The lowest BCUT2D eigenvalue weighted by atomic mass is 9.96. The monoisotopic (exact) mass is 376 g/mol. The summed E-state index contributed by atoms with van der Waals surface area (Å²) >= 11 is 0. The van der Waals surface area contributed by atoms with E-state index >= 15 is 0 Å². The highest BCUT2D eigenvalue weighted by atomic mass is 32.2. The number of nitrogens with zero attached hydrogens (tertiary/aromatic N) is 3. The van der Waals surface area contributed by atoms with E-state index in [0.717, 1.165) is 51.5 Å². The van der Waals surface area contributed by atoms with Crippen LogP contribution in [0.2, 0.25) is 0 Å². The standard InChI is InChI=1S/C17H36N4O3S/c1-5-18-17(19-11-15-25(22,23)21(6-2)7-3)20(4)12-8-16-9-13-24-14-10-16/h16H,5-15H2,1-4H3,(H,18,19). The van der Waals surface area contributed by atoms with Gasteiger partial charge in [0.05, 0.1) is 12.3 Å². The zero-order valence-electron chi connectivity index (χ0n) is 16.3. The summed E-state index contributed by atoms with van der Waals surface area (Å²) < 4.78 is 31.4. The molecule has 148 valence electrons. The van der Waals surface area contributed by atoms with Crippen LogP contribution in [0.4, 0.5) is 0 Å². The summed E-state index contributed by atoms with van der Waals surface area (Å²) in [7, 11) is -1.21. The molecule has 0 aromatic rings. The van der Waals surface area contributed by atoms with Crippen molar-refractivity contribution in [2.75, 3.05) is 58.7 Å². The Hall–Kier alpha value is -0.860. The number of nitrogens with one attached hydrogen (secondary N) is 1. The van der Waals surface area contributed by atoms with Gasteiger partial charge in [0.1, 0.15) is 0 Å². The molecule has 1 aliphatic rings. The summed E-state index contributed by atoms with van der Waals surface area (Å²) in [4.78, 5) is 6.61. The van der Waals surface area contributed by atoms with Crippen LogP contribution >= 0.6 is 0 Å². The summed E-state index contributed by atoms with van der Waals surface area (Å²) in [6.45, 7) is 10.5. The van der Waals surface area contributed by atoms with Crippen molar-refractivity contribution >= 4 is 16.0 Å². The van der Waals surface area contributed by atoms with Crippen LogP contribution in [0, 0.1) is 5.92 Å². The SMILES string of the molecule is CCNC(=NCCS(=O)(=O)N(CC)CC)N(C)CCC1CCOCC1. The summed E-state index contributed by atoms with van der Waals surface area (Å²) in [5.41, 5.74) is 0. The van der Waals surface area contributed by atoms with Crippen molar-refractivity contribution in [1.82, 2.24) is 14.5 Å². The lowest BCUT2D eigenvalue weighted by Gasteiger charge is -2.27. The Labute approximate surface area is 153 Å². The molecule has 0 radical (unpaired) electrons. The van der Waals surface area contributed by atoms with Crippen LogP contribution in [0.3, 0.4) is 0 Å². The summed E-state index contributed by atoms with van der Waals surface area (Å²) in [5, 5.41) is 3.26. The van der Waals surface area contributed by atoms with Crippen molar-refractivity contribution in [2.24, 2.45) is 10.9 Å². The van der Waals surface area contributed by atoms with E-state index in [2.05, 4.69) is 15.2 Å². The molecule has 1 rings (SSSR count). The maximum absolute atomic E-state index is 12.2. The quantitative estimate of drug-likeness (QED) is 0.460. The van der Waals surface area contributed by atoms with Gasteiger partial charge >= 0.3 is 0 Å². The molecule has 25 heavy (non-hydrogen) atoms. The highest BCUT2D eigenvalue weighted by Gasteiger charge is 2.19. The third-order valence-corrected chi connectivity index (χ3v) is 6.62. The van der Waals surface area contributed by atoms with Crippen LogP contribution in [0.15, 0.2) is 4.99 Å². The Morgan fingerprint density at radius 3 is 2.40 bits per heavy atom. The smallest absolute Gasteiger partial charge is 0.215 e. The van der Waals surface area contributed by atoms with Crippen molar-refractivity contribution < 1.29 is 13.2 Å². The maximum atomic E-state index is 12.2. The van der Waals surface area contributed by atoms with Gasteiger partial charge in [-0.2, -0.15) is 0 Å². The predicted molar refractivity (Wildman–Crippen MR) is 103 cm³/mol. The van der Waals surface area contributed by atoms with Gasteiger partial charge in [-0.15, -0.1) is 0 Å². The molecule has 0 bridgehead atoms. The topological polar surface area (TPSA) is 74.2 Å². The molecule has 1 heterocycles. The third kappa shape index (κ3) is 7.92. The Kier molecular flexibility index (Phi) is 10.4. The molecule has 0 spiro atoms. The van der Waals surface area contributed by atoms with Crippen LogP contribution in [0.25, 0.3) is 0 Å².